The van der Waals surface area contributed by atoms with Crippen LogP contribution < -0.4 is 0 Å². The fourth-order valence-electron chi connectivity index (χ4n) is 0.0833. The summed E-state index contributed by atoms with van der Waals surface area (Å²) in [6, 6.07) is 0. The van der Waals surface area contributed by atoms with E-state index in [1.165, 1.54) is 0 Å². The topological polar surface area (TPSA) is 18.5 Å². The van der Waals surface area contributed by atoms with Crippen molar-refractivity contribution in [3.05, 3.63) is 0 Å². The lowest BCUT2D eigenvalue weighted by molar-refractivity contribution is 0.285. The molecule has 0 saturated carbocycles. The van der Waals surface area contributed by atoms with E-state index in [4.69, 9.17) is 8.85 Å². The van der Waals surface area contributed by atoms with Gasteiger partial charge in [-0.25, -0.2) is 8.85 Å². The molecular weight excluding hydrogens is 96.1 g/mol. The predicted molar refractivity (Wildman–Crippen MR) is 25.6 cm³/mol. The third-order valence-corrected chi connectivity index (χ3v) is 1.72. The lowest BCUT2D eigenvalue weighted by Gasteiger charge is -1.79. The van der Waals surface area contributed by atoms with E-state index >= 15 is 0 Å². The van der Waals surface area contributed by atoms with Crippen LogP contribution in [-0.2, 0) is 8.85 Å². The molecule has 3 heteroatoms. The van der Waals surface area contributed by atoms with E-state index in [0.29, 0.717) is 0 Å². The van der Waals surface area contributed by atoms with Crippen LogP contribution in [0.1, 0.15) is 0 Å². The van der Waals surface area contributed by atoms with Gasteiger partial charge in [0.2, 0.25) is 0 Å². The molecule has 0 aromatic rings. The van der Waals surface area contributed by atoms with Crippen molar-refractivity contribution in [3.8, 4) is 0 Å². The first kappa shape index (κ1) is 6.14. The zero-order chi connectivity index (χ0) is 4.99. The van der Waals surface area contributed by atoms with Crippen molar-refractivity contribution in [2.24, 2.45) is 0 Å². The van der Waals surface area contributed by atoms with Gasteiger partial charge >= 0.3 is 9.28 Å². The molecule has 0 spiro atoms. The molecule has 0 bridgehead atoms. The SMILES string of the molecule is CO[Si+](C)OC. The van der Waals surface area contributed by atoms with Crippen LogP contribution >= 0.6 is 0 Å². The van der Waals surface area contributed by atoms with Crippen LogP contribution in [0.5, 0.6) is 0 Å². The largest absolute Gasteiger partial charge is 0.639 e. The smallest absolute Gasteiger partial charge is 0.212 e. The lowest BCUT2D eigenvalue weighted by Crippen LogP contribution is -2.12. The number of hydrogen-bond acceptors (Lipinski definition) is 2. The van der Waals surface area contributed by atoms with Gasteiger partial charge in [0.15, 0.2) is 0 Å². The minimum Gasteiger partial charge on any atom is -0.212 e. The van der Waals surface area contributed by atoms with Crippen molar-refractivity contribution >= 4 is 9.28 Å². The fourth-order valence-corrected chi connectivity index (χ4v) is 0.250. The summed E-state index contributed by atoms with van der Waals surface area (Å²) in [4.78, 5) is 0. The van der Waals surface area contributed by atoms with E-state index in [2.05, 4.69) is 0 Å². The predicted octanol–water partition coefficient (Wildman–Crippen LogP) is 0.397. The molecule has 0 aliphatic carbocycles. The molecule has 6 heavy (non-hydrogen) atoms. The second-order valence-corrected chi connectivity index (χ2v) is 2.70. The van der Waals surface area contributed by atoms with Crippen molar-refractivity contribution in [2.45, 2.75) is 6.55 Å². The van der Waals surface area contributed by atoms with Crippen LogP contribution in [0.4, 0.5) is 0 Å². The average Bonchev–Trinajstić information content (AvgIpc) is 1.65. The second kappa shape index (κ2) is 3.33. The summed E-state index contributed by atoms with van der Waals surface area (Å²) >= 11 is 0. The first-order valence-electron chi connectivity index (χ1n) is 1.72. The Hall–Kier alpha value is 0.137. The van der Waals surface area contributed by atoms with E-state index in [-0.39, 0.29) is 0 Å². The van der Waals surface area contributed by atoms with Gasteiger partial charge in [0.25, 0.3) is 0 Å². The van der Waals surface area contributed by atoms with Crippen LogP contribution in [0.2, 0.25) is 6.55 Å². The molecule has 0 aliphatic heterocycles. The molecule has 0 N–H and O–H groups in total. The third kappa shape index (κ3) is 2.38. The van der Waals surface area contributed by atoms with Gasteiger partial charge in [-0.1, -0.05) is 0 Å². The minimum atomic E-state index is -0.868. The molecule has 0 aromatic heterocycles. The Balaban J connectivity index is 2.75. The van der Waals surface area contributed by atoms with Crippen molar-refractivity contribution in [2.75, 3.05) is 14.2 Å². The lowest BCUT2D eigenvalue weighted by atomic mass is 11.8. The first-order valence-corrected chi connectivity index (χ1v) is 3.54. The van der Waals surface area contributed by atoms with Gasteiger partial charge in [-0.05, 0) is 0 Å². The van der Waals surface area contributed by atoms with Crippen LogP contribution in [-0.4, -0.2) is 23.5 Å². The van der Waals surface area contributed by atoms with Gasteiger partial charge in [0.05, 0.1) is 14.2 Å². The van der Waals surface area contributed by atoms with E-state index in [9.17, 15) is 0 Å². The number of rotatable bonds is 2. The molecule has 2 nitrogen and oxygen atoms in total. The number of hydrogen-bond donors (Lipinski definition) is 0. The highest BCUT2D eigenvalue weighted by Crippen LogP contribution is 1.77. The van der Waals surface area contributed by atoms with Crippen molar-refractivity contribution in [1.82, 2.24) is 0 Å². The molecule has 0 unspecified atom stereocenters. The highest BCUT2D eigenvalue weighted by atomic mass is 28.3. The fraction of sp³-hybridized carbons (Fsp3) is 1.00. The minimum absolute atomic E-state index is 0.868. The zero-order valence-corrected chi connectivity index (χ0v) is 5.32. The van der Waals surface area contributed by atoms with Crippen LogP contribution in [0.3, 0.4) is 0 Å². The second-order valence-electron chi connectivity index (χ2n) is 0.900. The van der Waals surface area contributed by atoms with E-state index in [1.54, 1.807) is 14.2 Å². The Labute approximate surface area is 39.9 Å². The Morgan fingerprint density at radius 2 is 1.50 bits per heavy atom. The van der Waals surface area contributed by atoms with E-state index in [1.807, 2.05) is 6.55 Å². The van der Waals surface area contributed by atoms with E-state index in [0.717, 1.165) is 0 Å². The maximum Gasteiger partial charge on any atom is 0.639 e. The van der Waals surface area contributed by atoms with Crippen LogP contribution in [0.15, 0.2) is 0 Å². The summed E-state index contributed by atoms with van der Waals surface area (Å²) in [5.74, 6) is 0. The van der Waals surface area contributed by atoms with Crippen molar-refractivity contribution < 1.29 is 8.85 Å². The summed E-state index contributed by atoms with van der Waals surface area (Å²) in [5, 5.41) is 0. The molecule has 0 aliphatic rings. The third-order valence-electron chi connectivity index (χ3n) is 0.575. The van der Waals surface area contributed by atoms with Gasteiger partial charge < -0.3 is 0 Å². The van der Waals surface area contributed by atoms with Gasteiger partial charge in [-0.3, -0.25) is 0 Å². The summed E-state index contributed by atoms with van der Waals surface area (Å²) < 4.78 is 9.56. The first-order chi connectivity index (χ1) is 2.81. The zero-order valence-electron chi connectivity index (χ0n) is 4.32. The maximum atomic E-state index is 4.78. The molecule has 0 atom stereocenters. The molecule has 0 amide bonds. The Bertz CT molecular complexity index is 28.0. The highest BCUT2D eigenvalue weighted by molar-refractivity contribution is 6.42. The molecule has 0 radical (unpaired) electrons. The summed E-state index contributed by atoms with van der Waals surface area (Å²) in [6.07, 6.45) is 0. The molecular formula is C3H9O2Si+. The van der Waals surface area contributed by atoms with Crippen molar-refractivity contribution in [1.29, 1.82) is 0 Å². The summed E-state index contributed by atoms with van der Waals surface area (Å²) in [5.41, 5.74) is 0. The van der Waals surface area contributed by atoms with Gasteiger partial charge in [-0.15, -0.1) is 0 Å². The molecule has 0 heterocycles. The van der Waals surface area contributed by atoms with Crippen molar-refractivity contribution in [3.63, 3.8) is 0 Å². The highest BCUT2D eigenvalue weighted by Gasteiger charge is 2.17. The molecule has 0 saturated heterocycles. The Morgan fingerprint density at radius 1 is 1.17 bits per heavy atom. The monoisotopic (exact) mass is 105 g/mol. The summed E-state index contributed by atoms with van der Waals surface area (Å²) in [6.45, 7) is 1.94. The van der Waals surface area contributed by atoms with Crippen LogP contribution in [0.25, 0.3) is 0 Å². The molecule has 0 rings (SSSR count). The van der Waals surface area contributed by atoms with Gasteiger partial charge in [-0.2, -0.15) is 0 Å². The average molecular weight is 105 g/mol. The molecule has 0 aromatic carbocycles. The molecule has 36 valence electrons. The quantitative estimate of drug-likeness (QED) is 0.473. The maximum absolute atomic E-state index is 4.78. The van der Waals surface area contributed by atoms with Crippen LogP contribution in [0, 0.1) is 0 Å². The Kier molecular flexibility index (Phi) is 3.41. The molecule has 0 fully saturated rings. The standard InChI is InChI=1S/C3H9O2Si/c1-4-6(3)5-2/h1-3H3/q+1. The van der Waals surface area contributed by atoms with Gasteiger partial charge in [0, 0.05) is 0 Å². The van der Waals surface area contributed by atoms with E-state index < -0.39 is 9.28 Å². The Morgan fingerprint density at radius 3 is 1.50 bits per heavy atom. The normalized spacial score (nSPS) is 8.50. The summed E-state index contributed by atoms with van der Waals surface area (Å²) in [7, 11) is 2.43. The van der Waals surface area contributed by atoms with Gasteiger partial charge in [0.1, 0.15) is 6.55 Å².